The van der Waals surface area contributed by atoms with E-state index in [9.17, 15) is 0 Å². The van der Waals surface area contributed by atoms with Crippen molar-refractivity contribution in [2.45, 2.75) is 38.5 Å². The van der Waals surface area contributed by atoms with Crippen molar-refractivity contribution in [3.05, 3.63) is 48.6 Å². The summed E-state index contributed by atoms with van der Waals surface area (Å²) in [5.41, 5.74) is 0. The Hall–Kier alpha value is -1.04. The van der Waals surface area contributed by atoms with Crippen molar-refractivity contribution in [3.63, 3.8) is 0 Å². The van der Waals surface area contributed by atoms with Crippen molar-refractivity contribution in [1.82, 2.24) is 0 Å². The highest BCUT2D eigenvalue weighted by Crippen LogP contribution is 2.00. The van der Waals surface area contributed by atoms with Crippen molar-refractivity contribution < 1.29 is 0 Å². The molecule has 1 aliphatic carbocycles. The van der Waals surface area contributed by atoms with Crippen LogP contribution in [0.25, 0.3) is 0 Å². The van der Waals surface area contributed by atoms with Gasteiger partial charge in [-0.1, -0.05) is 42.5 Å². The summed E-state index contributed by atoms with van der Waals surface area (Å²) in [5, 5.41) is 0. The Bertz CT molecular complexity index is 202. The maximum Gasteiger partial charge on any atom is -0.0245 e. The lowest BCUT2D eigenvalue weighted by Crippen LogP contribution is -1.71. The predicted molar refractivity (Wildman–Crippen MR) is 62.9 cm³/mol. The molecule has 0 heteroatoms. The molecular formula is C14H19. The van der Waals surface area contributed by atoms with Crippen LogP contribution in [0.15, 0.2) is 42.5 Å². The second-order valence-corrected chi connectivity index (χ2v) is 3.43. The summed E-state index contributed by atoms with van der Waals surface area (Å²) < 4.78 is 0. The second kappa shape index (κ2) is 8.55. The summed E-state index contributed by atoms with van der Waals surface area (Å²) in [6.07, 6.45) is 25.5. The summed E-state index contributed by atoms with van der Waals surface area (Å²) in [4.78, 5) is 0. The lowest BCUT2D eigenvalue weighted by molar-refractivity contribution is 0.970. The first kappa shape index (κ1) is 11.0. The van der Waals surface area contributed by atoms with Gasteiger partial charge in [0, 0.05) is 0 Å². The molecule has 0 N–H and O–H groups in total. The average Bonchev–Trinajstić information content (AvgIpc) is 2.22. The third-order valence-electron chi connectivity index (χ3n) is 2.13. The molecule has 1 radical (unpaired) electrons. The molecule has 0 saturated heterocycles. The zero-order valence-corrected chi connectivity index (χ0v) is 8.78. The van der Waals surface area contributed by atoms with E-state index in [1.54, 1.807) is 0 Å². The SMILES string of the molecule is [C]1=C/CC/C=C/CC/C=C/C=C\CC/1. The molecule has 0 aromatic carbocycles. The van der Waals surface area contributed by atoms with Crippen LogP contribution < -0.4 is 0 Å². The molecule has 0 heterocycles. The lowest BCUT2D eigenvalue weighted by Gasteiger charge is -1.90. The van der Waals surface area contributed by atoms with Gasteiger partial charge in [-0.05, 0) is 44.6 Å². The van der Waals surface area contributed by atoms with Crippen molar-refractivity contribution in [1.29, 1.82) is 0 Å². The number of allylic oxidation sites excluding steroid dienone is 8. The van der Waals surface area contributed by atoms with Gasteiger partial charge < -0.3 is 0 Å². The molecule has 75 valence electrons. The topological polar surface area (TPSA) is 0 Å². The highest BCUT2D eigenvalue weighted by atomic mass is 13.9. The Kier molecular flexibility index (Phi) is 6.74. The Balaban J connectivity index is 2.34. The van der Waals surface area contributed by atoms with Crippen molar-refractivity contribution in [2.24, 2.45) is 0 Å². The van der Waals surface area contributed by atoms with E-state index in [0.29, 0.717) is 0 Å². The first-order chi connectivity index (χ1) is 7.00. The number of rotatable bonds is 0. The Labute approximate surface area is 87.7 Å². The van der Waals surface area contributed by atoms with Gasteiger partial charge in [0.15, 0.2) is 0 Å². The molecule has 14 heavy (non-hydrogen) atoms. The molecule has 0 aromatic rings. The molecule has 0 atom stereocenters. The van der Waals surface area contributed by atoms with Crippen LogP contribution in [-0.2, 0) is 0 Å². The highest BCUT2D eigenvalue weighted by molar-refractivity contribution is 5.03. The molecule has 0 spiro atoms. The van der Waals surface area contributed by atoms with Gasteiger partial charge in [-0.15, -0.1) is 0 Å². The van der Waals surface area contributed by atoms with Crippen molar-refractivity contribution in [3.8, 4) is 0 Å². The monoisotopic (exact) mass is 187 g/mol. The van der Waals surface area contributed by atoms with E-state index in [4.69, 9.17) is 0 Å². The molecule has 0 amide bonds. The second-order valence-electron chi connectivity index (χ2n) is 3.43. The Morgan fingerprint density at radius 1 is 0.643 bits per heavy atom. The first-order valence-corrected chi connectivity index (χ1v) is 5.52. The fourth-order valence-electron chi connectivity index (χ4n) is 1.33. The van der Waals surface area contributed by atoms with E-state index in [1.165, 1.54) is 0 Å². The normalized spacial score (nSPS) is 28.6. The van der Waals surface area contributed by atoms with Gasteiger partial charge >= 0.3 is 0 Å². The quantitative estimate of drug-likeness (QED) is 0.494. The van der Waals surface area contributed by atoms with Gasteiger partial charge in [0.2, 0.25) is 0 Å². The zero-order chi connectivity index (χ0) is 9.90. The highest BCUT2D eigenvalue weighted by Gasteiger charge is 1.81. The van der Waals surface area contributed by atoms with Gasteiger partial charge in [-0.25, -0.2) is 0 Å². The molecule has 0 nitrogen and oxygen atoms in total. The third-order valence-corrected chi connectivity index (χ3v) is 2.13. The minimum atomic E-state index is 1.05. The lowest BCUT2D eigenvalue weighted by atomic mass is 10.2. The number of hydrogen-bond acceptors (Lipinski definition) is 0. The third kappa shape index (κ3) is 6.47. The first-order valence-electron chi connectivity index (χ1n) is 5.52. The van der Waals surface area contributed by atoms with Crippen LogP contribution in [0.3, 0.4) is 0 Å². The van der Waals surface area contributed by atoms with Crippen LogP contribution in [0.4, 0.5) is 0 Å². The Morgan fingerprint density at radius 2 is 1.29 bits per heavy atom. The van der Waals surface area contributed by atoms with Crippen LogP contribution in [-0.4, -0.2) is 0 Å². The summed E-state index contributed by atoms with van der Waals surface area (Å²) in [6, 6.07) is 0. The van der Waals surface area contributed by atoms with Gasteiger partial charge in [-0.2, -0.15) is 0 Å². The van der Waals surface area contributed by atoms with Crippen molar-refractivity contribution in [2.75, 3.05) is 0 Å². The molecule has 0 aromatic heterocycles. The maximum absolute atomic E-state index is 3.30. The minimum Gasteiger partial charge on any atom is -0.0882 e. The summed E-state index contributed by atoms with van der Waals surface area (Å²) >= 11 is 0. The maximum atomic E-state index is 3.30. The fraction of sp³-hybridized carbons (Fsp3) is 0.429. The van der Waals surface area contributed by atoms with E-state index in [2.05, 4.69) is 48.6 Å². The molecule has 1 aliphatic rings. The van der Waals surface area contributed by atoms with Crippen LogP contribution in [0.1, 0.15) is 38.5 Å². The van der Waals surface area contributed by atoms with E-state index < -0.39 is 0 Å². The largest absolute Gasteiger partial charge is 0.0882 e. The summed E-state index contributed by atoms with van der Waals surface area (Å²) in [7, 11) is 0. The van der Waals surface area contributed by atoms with E-state index in [-0.39, 0.29) is 0 Å². The average molecular weight is 187 g/mol. The van der Waals surface area contributed by atoms with E-state index in [0.717, 1.165) is 38.5 Å². The molecule has 0 aliphatic heterocycles. The van der Waals surface area contributed by atoms with Crippen LogP contribution in [0.2, 0.25) is 0 Å². The van der Waals surface area contributed by atoms with Gasteiger partial charge in [0.25, 0.3) is 0 Å². The fourth-order valence-corrected chi connectivity index (χ4v) is 1.33. The van der Waals surface area contributed by atoms with E-state index in [1.807, 2.05) is 0 Å². The van der Waals surface area contributed by atoms with Crippen LogP contribution in [0.5, 0.6) is 0 Å². The van der Waals surface area contributed by atoms with Gasteiger partial charge in [0.1, 0.15) is 0 Å². The Morgan fingerprint density at radius 3 is 2.14 bits per heavy atom. The van der Waals surface area contributed by atoms with Gasteiger partial charge in [-0.3, -0.25) is 0 Å². The molecule has 0 fully saturated rings. The summed E-state index contributed by atoms with van der Waals surface area (Å²) in [5.74, 6) is 0. The molecule has 1 rings (SSSR count). The summed E-state index contributed by atoms with van der Waals surface area (Å²) in [6.45, 7) is 0. The number of hydrogen-bond donors (Lipinski definition) is 0. The predicted octanol–water partition coefficient (Wildman–Crippen LogP) is 4.37. The zero-order valence-electron chi connectivity index (χ0n) is 8.78. The molecule has 0 unspecified atom stereocenters. The molecule has 0 bridgehead atoms. The standard InChI is InChI=1S/C14H19/c1-2-4-6-8-10-12-14-13-11-9-7-5-3-1/h1-4,9,11-12H,5-8,13-14H2/b3-1+,4-2-,11-9+,12-10?. The smallest absolute Gasteiger partial charge is 0.0245 e. The van der Waals surface area contributed by atoms with E-state index >= 15 is 0 Å². The van der Waals surface area contributed by atoms with Gasteiger partial charge in [0.05, 0.1) is 0 Å². The minimum absolute atomic E-state index is 1.05. The van der Waals surface area contributed by atoms with Crippen LogP contribution in [0, 0.1) is 6.08 Å². The molecular weight excluding hydrogens is 168 g/mol. The molecule has 0 saturated carbocycles. The van der Waals surface area contributed by atoms with Crippen molar-refractivity contribution >= 4 is 0 Å². The van der Waals surface area contributed by atoms with Crippen LogP contribution >= 0.6 is 0 Å².